The van der Waals surface area contributed by atoms with Crippen molar-refractivity contribution < 1.29 is 9.47 Å². The van der Waals surface area contributed by atoms with Gasteiger partial charge in [-0.15, -0.1) is 0 Å². The molecule has 0 atom stereocenters. The molecular weight excluding hydrogens is 300 g/mol. The van der Waals surface area contributed by atoms with E-state index < -0.39 is 0 Å². The molecule has 4 heteroatoms. The van der Waals surface area contributed by atoms with Gasteiger partial charge in [0.15, 0.2) is 11.4 Å². The van der Waals surface area contributed by atoms with E-state index in [1.807, 2.05) is 18.2 Å². The molecule has 24 heavy (non-hydrogen) atoms. The van der Waals surface area contributed by atoms with Gasteiger partial charge in [0, 0.05) is 6.07 Å². The summed E-state index contributed by atoms with van der Waals surface area (Å²) in [5, 5.41) is 0. The summed E-state index contributed by atoms with van der Waals surface area (Å²) in [7, 11) is 0. The maximum atomic E-state index is 6.95. The van der Waals surface area contributed by atoms with Gasteiger partial charge in [0.1, 0.15) is 23.0 Å². The first-order valence-corrected chi connectivity index (χ1v) is 7.18. The summed E-state index contributed by atoms with van der Waals surface area (Å²) in [5.41, 5.74) is 1.14. The largest absolute Gasteiger partial charge is 0.457 e. The molecule has 0 aromatic heterocycles. The molecule has 0 heterocycles. The topological polar surface area (TPSA) is 27.2 Å². The molecule has 0 fully saturated rings. The minimum Gasteiger partial charge on any atom is -0.457 e. The van der Waals surface area contributed by atoms with E-state index in [9.17, 15) is 0 Å². The third-order valence-corrected chi connectivity index (χ3v) is 3.21. The molecule has 0 radical (unpaired) electrons. The van der Waals surface area contributed by atoms with Gasteiger partial charge < -0.3 is 9.47 Å². The molecule has 4 nitrogen and oxygen atoms in total. The molecule has 0 unspecified atom stereocenters. The van der Waals surface area contributed by atoms with Crippen LogP contribution in [-0.2, 0) is 0 Å². The fourth-order valence-electron chi connectivity index (χ4n) is 2.05. The number of ether oxygens (including phenoxy) is 2. The summed E-state index contributed by atoms with van der Waals surface area (Å²) in [5.74, 6) is 2.59. The average molecular weight is 312 g/mol. The van der Waals surface area contributed by atoms with Crippen LogP contribution in [0.5, 0.6) is 23.0 Å². The summed E-state index contributed by atoms with van der Waals surface area (Å²) in [4.78, 5) is 6.70. The lowest BCUT2D eigenvalue weighted by Gasteiger charge is -2.09. The van der Waals surface area contributed by atoms with Gasteiger partial charge in [-0.2, -0.15) is 0 Å². The molecule has 0 aliphatic rings. The summed E-state index contributed by atoms with van der Waals surface area (Å²) >= 11 is 0. The zero-order valence-corrected chi connectivity index (χ0v) is 12.6. The Morgan fingerprint density at radius 2 is 0.958 bits per heavy atom. The molecule has 0 saturated heterocycles. The molecule has 0 N–H and O–H groups in total. The first-order chi connectivity index (χ1) is 11.8. The molecular formula is C20H12N2O2. The van der Waals surface area contributed by atoms with Gasteiger partial charge in [-0.3, -0.25) is 0 Å². The second-order valence-electron chi connectivity index (χ2n) is 4.89. The third-order valence-electron chi connectivity index (χ3n) is 3.21. The zero-order valence-electron chi connectivity index (χ0n) is 12.6. The molecule has 0 spiro atoms. The molecule has 3 rings (SSSR count). The molecule has 0 aliphatic heterocycles. The van der Waals surface area contributed by atoms with E-state index in [0.29, 0.717) is 34.4 Å². The van der Waals surface area contributed by atoms with E-state index in [1.165, 1.54) is 0 Å². The Balaban J connectivity index is 1.73. The Kier molecular flexibility index (Phi) is 4.42. The number of rotatable bonds is 4. The lowest BCUT2D eigenvalue weighted by Crippen LogP contribution is -1.86. The van der Waals surface area contributed by atoms with E-state index >= 15 is 0 Å². The molecule has 0 bridgehead atoms. The number of benzene rings is 3. The predicted octanol–water partition coefficient (Wildman–Crippen LogP) is 6.37. The Labute approximate surface area is 140 Å². The van der Waals surface area contributed by atoms with Crippen molar-refractivity contribution in [1.29, 1.82) is 0 Å². The summed E-state index contributed by atoms with van der Waals surface area (Å²) in [6, 6.07) is 21.1. The second-order valence-corrected chi connectivity index (χ2v) is 4.89. The minimum absolute atomic E-state index is 0.572. The van der Waals surface area contributed by atoms with E-state index in [0.717, 1.165) is 0 Å². The summed E-state index contributed by atoms with van der Waals surface area (Å²) in [6.07, 6.45) is 0. The van der Waals surface area contributed by atoms with Crippen molar-refractivity contribution in [3.8, 4) is 23.0 Å². The summed E-state index contributed by atoms with van der Waals surface area (Å²) in [6.45, 7) is 13.9. The zero-order chi connectivity index (χ0) is 16.8. The lowest BCUT2D eigenvalue weighted by molar-refractivity contribution is 0.460. The highest BCUT2D eigenvalue weighted by Crippen LogP contribution is 2.29. The minimum atomic E-state index is 0.572. The van der Waals surface area contributed by atoms with Gasteiger partial charge >= 0.3 is 0 Å². The Morgan fingerprint density at radius 3 is 1.33 bits per heavy atom. The highest BCUT2D eigenvalue weighted by atomic mass is 16.5. The Hall–Kier alpha value is -3.76. The van der Waals surface area contributed by atoms with E-state index in [4.69, 9.17) is 22.6 Å². The lowest BCUT2D eigenvalue weighted by atomic mass is 10.3. The van der Waals surface area contributed by atoms with Crippen LogP contribution in [0.3, 0.4) is 0 Å². The van der Waals surface area contributed by atoms with Crippen LogP contribution in [0.15, 0.2) is 72.8 Å². The summed E-state index contributed by atoms with van der Waals surface area (Å²) < 4.78 is 11.5. The van der Waals surface area contributed by atoms with Crippen LogP contribution in [0, 0.1) is 13.1 Å². The highest BCUT2D eigenvalue weighted by Gasteiger charge is 2.02. The van der Waals surface area contributed by atoms with Crippen molar-refractivity contribution in [1.82, 2.24) is 0 Å². The van der Waals surface area contributed by atoms with Crippen molar-refractivity contribution in [2.24, 2.45) is 0 Å². The van der Waals surface area contributed by atoms with Gasteiger partial charge in [0.2, 0.25) is 0 Å². The molecule has 3 aromatic rings. The van der Waals surface area contributed by atoms with Crippen molar-refractivity contribution in [3.05, 3.63) is 95.6 Å². The fourth-order valence-corrected chi connectivity index (χ4v) is 2.05. The van der Waals surface area contributed by atoms with Crippen LogP contribution in [0.2, 0.25) is 0 Å². The van der Waals surface area contributed by atoms with Crippen LogP contribution in [-0.4, -0.2) is 0 Å². The van der Waals surface area contributed by atoms with Crippen molar-refractivity contribution in [2.45, 2.75) is 0 Å². The maximum Gasteiger partial charge on any atom is 0.187 e. The van der Waals surface area contributed by atoms with Crippen molar-refractivity contribution >= 4 is 11.4 Å². The van der Waals surface area contributed by atoms with E-state index in [2.05, 4.69) is 9.69 Å². The Bertz CT molecular complexity index is 843. The number of hydrogen-bond donors (Lipinski definition) is 0. The van der Waals surface area contributed by atoms with Crippen LogP contribution in [0.4, 0.5) is 11.4 Å². The normalized spacial score (nSPS) is 9.58. The Morgan fingerprint density at radius 1 is 0.542 bits per heavy atom. The maximum absolute atomic E-state index is 6.95. The predicted molar refractivity (Wildman–Crippen MR) is 92.0 cm³/mol. The van der Waals surface area contributed by atoms with Gasteiger partial charge in [-0.05, 0) is 36.4 Å². The van der Waals surface area contributed by atoms with E-state index in [1.54, 1.807) is 54.6 Å². The third kappa shape index (κ3) is 3.71. The van der Waals surface area contributed by atoms with Crippen LogP contribution in [0.25, 0.3) is 9.69 Å². The molecule has 3 aromatic carbocycles. The van der Waals surface area contributed by atoms with E-state index in [-0.39, 0.29) is 0 Å². The first-order valence-electron chi connectivity index (χ1n) is 7.18. The van der Waals surface area contributed by atoms with Crippen LogP contribution >= 0.6 is 0 Å². The molecule has 0 aliphatic carbocycles. The van der Waals surface area contributed by atoms with Crippen molar-refractivity contribution in [3.63, 3.8) is 0 Å². The van der Waals surface area contributed by atoms with Gasteiger partial charge in [0.25, 0.3) is 0 Å². The standard InChI is InChI=1S/C20H12N2O2/c1-21-15-6-10-17(11-7-15)23-19-4-3-5-20(14-19)24-18-12-8-16(22-2)9-13-18/h3-14H. The number of hydrogen-bond acceptors (Lipinski definition) is 2. The average Bonchev–Trinajstić information content (AvgIpc) is 2.63. The highest BCUT2D eigenvalue weighted by molar-refractivity contribution is 5.49. The van der Waals surface area contributed by atoms with Gasteiger partial charge in [-0.1, -0.05) is 30.3 Å². The molecule has 0 saturated carbocycles. The first kappa shape index (κ1) is 15.1. The van der Waals surface area contributed by atoms with Crippen LogP contribution < -0.4 is 9.47 Å². The van der Waals surface area contributed by atoms with Crippen LogP contribution in [0.1, 0.15) is 0 Å². The number of nitrogens with zero attached hydrogens (tertiary/aromatic N) is 2. The quantitative estimate of drug-likeness (QED) is 0.523. The fraction of sp³-hybridized carbons (Fsp3) is 0. The molecule has 114 valence electrons. The van der Waals surface area contributed by atoms with Gasteiger partial charge in [0.05, 0.1) is 13.1 Å². The SMILES string of the molecule is [C-]#[N+]c1ccc(Oc2cccc(Oc3ccc([N+]#[C-])cc3)c2)cc1. The molecule has 0 amide bonds. The smallest absolute Gasteiger partial charge is 0.187 e. The van der Waals surface area contributed by atoms with Crippen molar-refractivity contribution in [2.75, 3.05) is 0 Å². The second kappa shape index (κ2) is 7.00. The van der Waals surface area contributed by atoms with Gasteiger partial charge in [-0.25, -0.2) is 9.69 Å². The monoisotopic (exact) mass is 312 g/mol.